The predicted molar refractivity (Wildman–Crippen MR) is 137 cm³/mol. The van der Waals surface area contributed by atoms with Crippen molar-refractivity contribution in [3.8, 4) is 17.6 Å². The van der Waals surface area contributed by atoms with Crippen molar-refractivity contribution in [2.75, 3.05) is 18.0 Å². The zero-order chi connectivity index (χ0) is 24.0. The van der Waals surface area contributed by atoms with Gasteiger partial charge in [0.1, 0.15) is 11.6 Å². The first-order chi connectivity index (χ1) is 17.1. The molecule has 1 fully saturated rings. The van der Waals surface area contributed by atoms with Gasteiger partial charge in [0, 0.05) is 12.1 Å². The number of aromatic nitrogens is 1. The molecular formula is C29H28N4O2. The summed E-state index contributed by atoms with van der Waals surface area (Å²) in [5.74, 6) is 8.42. The Balaban J connectivity index is 1.51. The van der Waals surface area contributed by atoms with Crippen LogP contribution in [0.5, 0.6) is 5.75 Å². The lowest BCUT2D eigenvalue weighted by molar-refractivity contribution is 0.0846. The Morgan fingerprint density at radius 3 is 2.57 bits per heavy atom. The molecule has 1 N–H and O–H groups in total. The number of anilines is 1. The lowest BCUT2D eigenvalue weighted by Crippen LogP contribution is -2.50. The fraction of sp³-hybridized carbons (Fsp3) is 0.310. The summed E-state index contributed by atoms with van der Waals surface area (Å²) in [5, 5.41) is 10.1. The molecule has 0 saturated heterocycles. The molecule has 176 valence electrons. The summed E-state index contributed by atoms with van der Waals surface area (Å²) in [7, 11) is 0. The molecule has 1 saturated carbocycles. The number of hydrogen-bond donors (Lipinski definition) is 1. The Kier molecular flexibility index (Phi) is 5.14. The van der Waals surface area contributed by atoms with Crippen LogP contribution in [-0.4, -0.2) is 45.1 Å². The standard InChI is InChI=1S/C29H28N4O2/c1-2-31-27(35)25-18-23(14-13-21-9-4-3-5-10-21)32(19-22-11-8-12-24(34)17-22)26(25)33-20-29(30-28(31)33)15-6-7-16-29/h3-5,8-12,17-18,34H,2,6-7,15-16,19-20H2,1H3. The summed E-state index contributed by atoms with van der Waals surface area (Å²) in [6.07, 6.45) is 4.47. The molecule has 0 radical (unpaired) electrons. The van der Waals surface area contributed by atoms with E-state index in [-0.39, 0.29) is 17.2 Å². The highest BCUT2D eigenvalue weighted by Gasteiger charge is 2.49. The third-order valence-electron chi connectivity index (χ3n) is 7.28. The van der Waals surface area contributed by atoms with E-state index < -0.39 is 0 Å². The average Bonchev–Trinajstić information content (AvgIpc) is 3.57. The Morgan fingerprint density at radius 2 is 1.83 bits per heavy atom. The number of phenols is 1. The van der Waals surface area contributed by atoms with Gasteiger partial charge in [0.15, 0.2) is 0 Å². The van der Waals surface area contributed by atoms with E-state index in [9.17, 15) is 9.90 Å². The Bertz CT molecular complexity index is 1390. The van der Waals surface area contributed by atoms with Gasteiger partial charge in [-0.2, -0.15) is 0 Å². The summed E-state index contributed by atoms with van der Waals surface area (Å²) in [6.45, 7) is 3.86. The van der Waals surface area contributed by atoms with E-state index in [2.05, 4.69) is 21.3 Å². The zero-order valence-corrected chi connectivity index (χ0v) is 19.9. The van der Waals surface area contributed by atoms with Crippen LogP contribution < -0.4 is 4.90 Å². The number of phenolic OH excluding ortho intramolecular Hbond substituents is 1. The van der Waals surface area contributed by atoms with Crippen molar-refractivity contribution in [3.63, 3.8) is 0 Å². The third kappa shape index (κ3) is 3.68. The van der Waals surface area contributed by atoms with E-state index in [1.807, 2.05) is 60.4 Å². The summed E-state index contributed by atoms with van der Waals surface area (Å²) in [5.41, 5.74) is 3.20. The monoisotopic (exact) mass is 464 g/mol. The number of guanidine groups is 1. The maximum absolute atomic E-state index is 13.7. The molecule has 3 aliphatic rings. The number of hydrogen-bond acceptors (Lipinski definition) is 4. The minimum atomic E-state index is -0.110. The first kappa shape index (κ1) is 21.5. The molecule has 3 aromatic rings. The van der Waals surface area contributed by atoms with Crippen molar-refractivity contribution < 1.29 is 9.90 Å². The quantitative estimate of drug-likeness (QED) is 0.576. The molecule has 6 rings (SSSR count). The molecule has 2 aliphatic heterocycles. The minimum absolute atomic E-state index is 0.0232. The number of amides is 1. The number of aromatic hydroxyl groups is 1. The summed E-state index contributed by atoms with van der Waals surface area (Å²) >= 11 is 0. The fourth-order valence-electron chi connectivity index (χ4n) is 5.62. The number of nitrogens with zero attached hydrogens (tertiary/aromatic N) is 4. The normalized spacial score (nSPS) is 17.7. The van der Waals surface area contributed by atoms with E-state index in [0.717, 1.165) is 48.0 Å². The molecule has 1 amide bonds. The molecule has 1 aromatic heterocycles. The van der Waals surface area contributed by atoms with Crippen LogP contribution in [0.25, 0.3) is 0 Å². The Hall–Kier alpha value is -3.98. The lowest BCUT2D eigenvalue weighted by Gasteiger charge is -2.35. The van der Waals surface area contributed by atoms with Crippen molar-refractivity contribution in [1.82, 2.24) is 9.47 Å². The highest BCUT2D eigenvalue weighted by Crippen LogP contribution is 2.43. The van der Waals surface area contributed by atoms with Crippen LogP contribution in [0, 0.1) is 11.8 Å². The van der Waals surface area contributed by atoms with E-state index in [1.54, 1.807) is 12.1 Å². The SMILES string of the molecule is CCN1C(=O)c2cc(C#Cc3ccccc3)n(Cc3cccc(O)c3)c2N2CC3(CCCC3)N=C12. The Morgan fingerprint density at radius 1 is 1.03 bits per heavy atom. The van der Waals surface area contributed by atoms with Gasteiger partial charge in [0.05, 0.1) is 29.9 Å². The topological polar surface area (TPSA) is 61.1 Å². The molecule has 0 atom stereocenters. The molecule has 0 unspecified atom stereocenters. The molecule has 2 aromatic carbocycles. The number of fused-ring (bicyclic) bond motifs is 3. The van der Waals surface area contributed by atoms with Crippen LogP contribution in [0.1, 0.15) is 59.8 Å². The second-order valence-electron chi connectivity index (χ2n) is 9.62. The molecule has 1 spiro atoms. The fourth-order valence-corrected chi connectivity index (χ4v) is 5.62. The third-order valence-corrected chi connectivity index (χ3v) is 7.28. The van der Waals surface area contributed by atoms with Gasteiger partial charge < -0.3 is 9.67 Å². The highest BCUT2D eigenvalue weighted by molar-refractivity contribution is 6.19. The maximum atomic E-state index is 13.7. The van der Waals surface area contributed by atoms with Gasteiger partial charge in [-0.05, 0) is 61.6 Å². The van der Waals surface area contributed by atoms with Crippen molar-refractivity contribution in [2.45, 2.75) is 44.7 Å². The number of aliphatic imine (C=N–C) groups is 1. The van der Waals surface area contributed by atoms with Gasteiger partial charge in [0.2, 0.25) is 5.96 Å². The van der Waals surface area contributed by atoms with E-state index in [1.165, 1.54) is 12.8 Å². The van der Waals surface area contributed by atoms with E-state index >= 15 is 0 Å². The second kappa shape index (κ2) is 8.35. The summed E-state index contributed by atoms with van der Waals surface area (Å²) in [6, 6.07) is 19.1. The van der Waals surface area contributed by atoms with Crippen LogP contribution in [0.15, 0.2) is 65.7 Å². The number of benzene rings is 2. The van der Waals surface area contributed by atoms with E-state index in [4.69, 9.17) is 4.99 Å². The van der Waals surface area contributed by atoms with Crippen LogP contribution in [0.2, 0.25) is 0 Å². The minimum Gasteiger partial charge on any atom is -0.508 e. The van der Waals surface area contributed by atoms with Gasteiger partial charge >= 0.3 is 0 Å². The predicted octanol–water partition coefficient (Wildman–Crippen LogP) is 4.61. The number of carbonyl (C=O) groups excluding carboxylic acids is 1. The van der Waals surface area contributed by atoms with Crippen LogP contribution in [0.3, 0.4) is 0 Å². The van der Waals surface area contributed by atoms with Gasteiger partial charge in [-0.3, -0.25) is 14.6 Å². The summed E-state index contributed by atoms with van der Waals surface area (Å²) < 4.78 is 2.12. The van der Waals surface area contributed by atoms with Gasteiger partial charge in [-0.15, -0.1) is 0 Å². The van der Waals surface area contributed by atoms with Gasteiger partial charge in [0.25, 0.3) is 5.91 Å². The highest BCUT2D eigenvalue weighted by atomic mass is 16.3. The molecule has 1 aliphatic carbocycles. The van der Waals surface area contributed by atoms with Crippen molar-refractivity contribution in [3.05, 3.63) is 83.0 Å². The van der Waals surface area contributed by atoms with Crippen molar-refractivity contribution >= 4 is 17.7 Å². The summed E-state index contributed by atoms with van der Waals surface area (Å²) in [4.78, 5) is 22.9. The van der Waals surface area contributed by atoms with Gasteiger partial charge in [-0.25, -0.2) is 4.99 Å². The molecule has 3 heterocycles. The average molecular weight is 465 g/mol. The van der Waals surface area contributed by atoms with Crippen molar-refractivity contribution in [1.29, 1.82) is 0 Å². The largest absolute Gasteiger partial charge is 0.508 e. The zero-order valence-electron chi connectivity index (χ0n) is 19.9. The van der Waals surface area contributed by atoms with Crippen LogP contribution in [-0.2, 0) is 6.54 Å². The van der Waals surface area contributed by atoms with Crippen LogP contribution >= 0.6 is 0 Å². The maximum Gasteiger partial charge on any atom is 0.264 e. The molecule has 0 bridgehead atoms. The van der Waals surface area contributed by atoms with Crippen LogP contribution in [0.4, 0.5) is 5.82 Å². The molecule has 6 heteroatoms. The second-order valence-corrected chi connectivity index (χ2v) is 9.62. The number of carbonyl (C=O) groups is 1. The van der Waals surface area contributed by atoms with Crippen molar-refractivity contribution in [2.24, 2.45) is 4.99 Å². The van der Waals surface area contributed by atoms with E-state index in [0.29, 0.717) is 18.7 Å². The molecular weight excluding hydrogens is 436 g/mol. The first-order valence-electron chi connectivity index (χ1n) is 12.3. The lowest BCUT2D eigenvalue weighted by atomic mass is 9.99. The molecule has 6 nitrogen and oxygen atoms in total. The smallest absolute Gasteiger partial charge is 0.264 e. The first-order valence-corrected chi connectivity index (χ1v) is 12.3. The molecule has 35 heavy (non-hydrogen) atoms. The van der Waals surface area contributed by atoms with Gasteiger partial charge in [-0.1, -0.05) is 49.1 Å². The number of rotatable bonds is 3. The Labute approximate surface area is 205 Å².